The molecule has 0 amide bonds. The molecule has 1 saturated carbocycles. The summed E-state index contributed by atoms with van der Waals surface area (Å²) in [5.41, 5.74) is 4.20. The molecule has 2 fully saturated rings. The van der Waals surface area contributed by atoms with Gasteiger partial charge in [0.25, 0.3) is 0 Å². The molecule has 10 nitrogen and oxygen atoms in total. The molecule has 0 spiro atoms. The fourth-order valence-corrected chi connectivity index (χ4v) is 4.82. The van der Waals surface area contributed by atoms with Gasteiger partial charge in [-0.25, -0.2) is 4.98 Å². The second-order valence-electron chi connectivity index (χ2n) is 9.78. The molecule has 4 rings (SSSR count). The number of hydrogen-bond acceptors (Lipinski definition) is 10. The highest BCUT2D eigenvalue weighted by Crippen LogP contribution is 2.41. The number of alkyl halides is 3. The predicted molar refractivity (Wildman–Crippen MR) is 139 cm³/mol. The van der Waals surface area contributed by atoms with E-state index in [9.17, 15) is 18.3 Å². The van der Waals surface area contributed by atoms with E-state index in [0.717, 1.165) is 25.3 Å². The van der Waals surface area contributed by atoms with E-state index in [4.69, 9.17) is 29.4 Å². The molecule has 2 heterocycles. The Balaban J connectivity index is 1.39. The van der Waals surface area contributed by atoms with E-state index in [-0.39, 0.29) is 50.1 Å². The Morgan fingerprint density at radius 1 is 1.00 bits per heavy atom. The Morgan fingerprint density at radius 3 is 2.40 bits per heavy atom. The summed E-state index contributed by atoms with van der Waals surface area (Å²) in [4.78, 5) is 7.85. The zero-order valence-corrected chi connectivity index (χ0v) is 22.2. The lowest BCUT2D eigenvalue weighted by Gasteiger charge is -2.47. The van der Waals surface area contributed by atoms with E-state index < -0.39 is 30.1 Å². The first-order valence-electron chi connectivity index (χ1n) is 13.5. The van der Waals surface area contributed by atoms with Crippen LogP contribution in [0.15, 0.2) is 36.4 Å². The van der Waals surface area contributed by atoms with Crippen molar-refractivity contribution in [3.8, 4) is 11.6 Å². The summed E-state index contributed by atoms with van der Waals surface area (Å²) < 4.78 is 68.6. The van der Waals surface area contributed by atoms with Crippen molar-refractivity contribution in [1.82, 2.24) is 9.97 Å². The van der Waals surface area contributed by atoms with Crippen LogP contribution < -0.4 is 20.5 Å². The summed E-state index contributed by atoms with van der Waals surface area (Å²) in [6.45, 7) is 1.92. The van der Waals surface area contributed by atoms with Crippen LogP contribution in [0.1, 0.15) is 25.0 Å². The molecule has 1 aromatic heterocycles. The molecule has 1 aliphatic carbocycles. The lowest BCUT2D eigenvalue weighted by Crippen LogP contribution is -2.57. The lowest BCUT2D eigenvalue weighted by atomic mass is 9.68. The molecule has 1 saturated heterocycles. The maximum Gasteiger partial charge on any atom is 0.433 e. The van der Waals surface area contributed by atoms with Gasteiger partial charge in [0.2, 0.25) is 11.8 Å². The van der Waals surface area contributed by atoms with Gasteiger partial charge >= 0.3 is 6.18 Å². The Labute approximate surface area is 231 Å². The van der Waals surface area contributed by atoms with Crippen molar-refractivity contribution in [1.29, 1.82) is 0 Å². The minimum atomic E-state index is -4.70. The van der Waals surface area contributed by atoms with Gasteiger partial charge in [-0.3, -0.25) is 0 Å². The number of aromatic nitrogens is 2. The largest absolute Gasteiger partial charge is 0.491 e. The van der Waals surface area contributed by atoms with E-state index in [1.54, 1.807) is 0 Å². The number of nitrogens with one attached hydrogen (secondary N) is 1. The Kier molecular flexibility index (Phi) is 11.2. The van der Waals surface area contributed by atoms with Gasteiger partial charge in [0.15, 0.2) is 5.69 Å². The third-order valence-electron chi connectivity index (χ3n) is 7.00. The van der Waals surface area contributed by atoms with Gasteiger partial charge in [-0.15, -0.1) is 0 Å². The number of ether oxygens (including phenoxy) is 5. The summed E-state index contributed by atoms with van der Waals surface area (Å²) in [7, 11) is 0. The normalized spacial score (nSPS) is 23.4. The molecule has 2 aromatic rings. The SMILES string of the molecule is NCCOCCOCCOc1cc(C(F)(F)F)nc(N[C@H]2CO[C@H](COc3ccccc3)[C@H](O)[C@@H]2C2CCC2)n1. The first kappa shape index (κ1) is 30.3. The van der Waals surface area contributed by atoms with Gasteiger partial charge in [0.1, 0.15) is 25.1 Å². The number of rotatable bonds is 15. The second kappa shape index (κ2) is 14.8. The van der Waals surface area contributed by atoms with Gasteiger partial charge in [0.05, 0.1) is 45.2 Å². The van der Waals surface area contributed by atoms with Crippen LogP contribution in [-0.4, -0.2) is 86.1 Å². The maximum absolute atomic E-state index is 13.6. The number of aliphatic hydroxyl groups excluding tert-OH is 1. The number of nitrogens with zero attached hydrogens (tertiary/aromatic N) is 2. The van der Waals surface area contributed by atoms with Gasteiger partial charge in [-0.2, -0.15) is 18.2 Å². The standard InChI is InChI=1S/C27H37F3N4O6/c28-27(29,30)22-15-23(38-14-13-37-12-11-36-10-9-31)34-26(33-22)32-20-16-40-21(17-39-19-7-2-1-3-8-19)25(35)24(20)18-5-4-6-18/h1-3,7-8,15,18,20-21,24-25,35H,4-6,9-14,16-17,31H2,(H,32,33,34)/t20-,21+,24+,25-/m0/s1. The number of nitrogens with two attached hydrogens (primary N) is 1. The molecule has 0 bridgehead atoms. The third-order valence-corrected chi connectivity index (χ3v) is 7.00. The fraction of sp³-hybridized carbons (Fsp3) is 0.630. The molecule has 0 unspecified atom stereocenters. The van der Waals surface area contributed by atoms with Crippen LogP contribution in [0, 0.1) is 11.8 Å². The number of benzene rings is 1. The minimum Gasteiger partial charge on any atom is -0.491 e. The molecule has 13 heteroatoms. The summed E-state index contributed by atoms with van der Waals surface area (Å²) in [6.07, 6.45) is -3.29. The highest BCUT2D eigenvalue weighted by atomic mass is 19.4. The van der Waals surface area contributed by atoms with Gasteiger partial charge in [0, 0.05) is 18.5 Å². The molecular weight excluding hydrogens is 533 g/mol. The van der Waals surface area contributed by atoms with Crippen molar-refractivity contribution >= 4 is 5.95 Å². The molecule has 4 atom stereocenters. The van der Waals surface area contributed by atoms with Gasteiger partial charge < -0.3 is 39.8 Å². The highest BCUT2D eigenvalue weighted by molar-refractivity contribution is 5.34. The van der Waals surface area contributed by atoms with Gasteiger partial charge in [-0.1, -0.05) is 24.6 Å². The minimum absolute atomic E-state index is 0.0102. The average molecular weight is 571 g/mol. The van der Waals surface area contributed by atoms with Crippen LogP contribution in [0.25, 0.3) is 0 Å². The monoisotopic (exact) mass is 570 g/mol. The molecule has 222 valence electrons. The van der Waals surface area contributed by atoms with Gasteiger partial charge in [-0.05, 0) is 30.9 Å². The Morgan fingerprint density at radius 2 is 1.73 bits per heavy atom. The van der Waals surface area contributed by atoms with Crippen molar-refractivity contribution in [2.75, 3.05) is 58.1 Å². The smallest absolute Gasteiger partial charge is 0.433 e. The Bertz CT molecular complexity index is 1030. The van der Waals surface area contributed by atoms with E-state index in [0.29, 0.717) is 32.1 Å². The van der Waals surface area contributed by atoms with Crippen molar-refractivity contribution in [3.63, 3.8) is 0 Å². The topological polar surface area (TPSA) is 130 Å². The zero-order valence-electron chi connectivity index (χ0n) is 22.2. The molecular formula is C27H37F3N4O6. The summed E-state index contributed by atoms with van der Waals surface area (Å²) >= 11 is 0. The second-order valence-corrected chi connectivity index (χ2v) is 9.78. The Hall–Kier alpha value is -2.71. The number of halogens is 3. The zero-order chi connectivity index (χ0) is 28.4. The third kappa shape index (κ3) is 8.64. The molecule has 4 N–H and O–H groups in total. The van der Waals surface area contributed by atoms with E-state index in [1.165, 1.54) is 0 Å². The van der Waals surface area contributed by atoms with Crippen LogP contribution in [0.5, 0.6) is 11.6 Å². The van der Waals surface area contributed by atoms with Crippen LogP contribution >= 0.6 is 0 Å². The van der Waals surface area contributed by atoms with Crippen molar-refractivity contribution in [2.24, 2.45) is 17.6 Å². The van der Waals surface area contributed by atoms with Crippen molar-refractivity contribution in [2.45, 2.75) is 43.7 Å². The number of para-hydroxylation sites is 1. The summed E-state index contributed by atoms with van der Waals surface area (Å²) in [6, 6.07) is 9.47. The number of anilines is 1. The predicted octanol–water partition coefficient (Wildman–Crippen LogP) is 2.90. The van der Waals surface area contributed by atoms with Crippen LogP contribution in [-0.2, 0) is 20.4 Å². The number of aliphatic hydroxyl groups is 1. The maximum atomic E-state index is 13.6. The van der Waals surface area contributed by atoms with Crippen molar-refractivity contribution in [3.05, 3.63) is 42.1 Å². The van der Waals surface area contributed by atoms with E-state index >= 15 is 0 Å². The number of hydrogen-bond donors (Lipinski definition) is 3. The summed E-state index contributed by atoms with van der Waals surface area (Å²) in [5, 5.41) is 14.2. The molecule has 0 radical (unpaired) electrons. The highest BCUT2D eigenvalue weighted by Gasteiger charge is 2.46. The lowest BCUT2D eigenvalue weighted by molar-refractivity contribution is -0.143. The molecule has 1 aromatic carbocycles. The molecule has 2 aliphatic rings. The first-order valence-corrected chi connectivity index (χ1v) is 13.5. The quantitative estimate of drug-likeness (QED) is 0.275. The van der Waals surface area contributed by atoms with Crippen LogP contribution in [0.2, 0.25) is 0 Å². The van der Waals surface area contributed by atoms with E-state index in [1.807, 2.05) is 30.3 Å². The van der Waals surface area contributed by atoms with Crippen LogP contribution in [0.4, 0.5) is 19.1 Å². The summed E-state index contributed by atoms with van der Waals surface area (Å²) in [5.74, 6) is 0.103. The first-order chi connectivity index (χ1) is 19.3. The van der Waals surface area contributed by atoms with Crippen LogP contribution in [0.3, 0.4) is 0 Å². The fourth-order valence-electron chi connectivity index (χ4n) is 4.82. The molecule has 40 heavy (non-hydrogen) atoms. The van der Waals surface area contributed by atoms with Crippen molar-refractivity contribution < 1.29 is 42.0 Å². The average Bonchev–Trinajstić information content (AvgIpc) is 2.90. The van der Waals surface area contributed by atoms with E-state index in [2.05, 4.69) is 15.3 Å². The molecule has 1 aliphatic heterocycles.